The smallest absolute Gasteiger partial charge is 0.310 e. The minimum atomic E-state index is -0.279. The number of benzene rings is 3. The first-order valence-electron chi connectivity index (χ1n) is 9.15. The second-order valence-electron chi connectivity index (χ2n) is 6.44. The molecular formula is C24H19NO3. The van der Waals surface area contributed by atoms with Crippen molar-refractivity contribution in [3.8, 4) is 11.5 Å². The molecule has 4 rings (SSSR count). The van der Waals surface area contributed by atoms with Gasteiger partial charge in [0, 0.05) is 17.4 Å². The Hall–Kier alpha value is -3.66. The first kappa shape index (κ1) is 17.7. The summed E-state index contributed by atoms with van der Waals surface area (Å²) in [6.45, 7) is 1.77. The normalized spacial score (nSPS) is 11.3. The van der Waals surface area contributed by atoms with Crippen LogP contribution in [-0.4, -0.2) is 16.1 Å². The van der Waals surface area contributed by atoms with Gasteiger partial charge in [-0.2, -0.15) is 0 Å². The number of hydrogen-bond donors (Lipinski definition) is 1. The molecule has 0 radical (unpaired) electrons. The fraction of sp³-hybridized carbons (Fsp3) is 0.0833. The Kier molecular flexibility index (Phi) is 4.77. The van der Waals surface area contributed by atoms with Gasteiger partial charge in [0.2, 0.25) is 0 Å². The lowest BCUT2D eigenvalue weighted by atomic mass is 10.0. The van der Waals surface area contributed by atoms with E-state index in [4.69, 9.17) is 4.74 Å². The van der Waals surface area contributed by atoms with Crippen LogP contribution in [0.1, 0.15) is 24.6 Å². The van der Waals surface area contributed by atoms with E-state index in [1.807, 2.05) is 66.7 Å². The van der Waals surface area contributed by atoms with Crippen LogP contribution in [0.2, 0.25) is 0 Å². The fourth-order valence-electron chi connectivity index (χ4n) is 3.14. The van der Waals surface area contributed by atoms with E-state index in [2.05, 4.69) is 4.98 Å². The van der Waals surface area contributed by atoms with Crippen molar-refractivity contribution in [2.24, 2.45) is 0 Å². The fourth-order valence-corrected chi connectivity index (χ4v) is 3.14. The summed E-state index contributed by atoms with van der Waals surface area (Å²) in [6.07, 6.45) is 4.06. The zero-order valence-electron chi connectivity index (χ0n) is 15.4. The Bertz CT molecular complexity index is 1210. The minimum Gasteiger partial charge on any atom is -0.506 e. The third kappa shape index (κ3) is 3.45. The molecule has 4 aromatic rings. The Balaban J connectivity index is 1.80. The maximum absolute atomic E-state index is 11.8. The molecule has 1 aromatic heterocycles. The number of phenols is 1. The van der Waals surface area contributed by atoms with E-state index < -0.39 is 0 Å². The van der Waals surface area contributed by atoms with Crippen LogP contribution in [0.4, 0.5) is 0 Å². The number of nitrogens with zero attached hydrogens (tertiary/aromatic N) is 1. The summed E-state index contributed by atoms with van der Waals surface area (Å²) in [5.74, 6) is 0.389. The molecule has 0 atom stereocenters. The van der Waals surface area contributed by atoms with Gasteiger partial charge in [-0.15, -0.1) is 0 Å². The quantitative estimate of drug-likeness (QED) is 0.377. The van der Waals surface area contributed by atoms with E-state index in [0.29, 0.717) is 23.4 Å². The minimum absolute atomic E-state index is 0.149. The van der Waals surface area contributed by atoms with Crippen molar-refractivity contribution in [3.05, 3.63) is 78.0 Å². The standard InChI is InChI=1S/C24H19NO3/c1-2-23(27)28-22-15-11-16-6-3-4-8-19(16)20(22)14-13-18-12-10-17-7-5-9-21(26)24(17)25-18/h3-15,26H,2H2,1H3/b14-13+. The molecule has 0 aliphatic carbocycles. The van der Waals surface area contributed by atoms with Crippen molar-refractivity contribution in [2.75, 3.05) is 0 Å². The summed E-state index contributed by atoms with van der Waals surface area (Å²) < 4.78 is 5.53. The van der Waals surface area contributed by atoms with E-state index >= 15 is 0 Å². The van der Waals surface area contributed by atoms with E-state index in [9.17, 15) is 9.90 Å². The number of para-hydroxylation sites is 1. The van der Waals surface area contributed by atoms with Gasteiger partial charge in [0.1, 0.15) is 17.0 Å². The van der Waals surface area contributed by atoms with Crippen molar-refractivity contribution in [2.45, 2.75) is 13.3 Å². The van der Waals surface area contributed by atoms with Gasteiger partial charge < -0.3 is 9.84 Å². The zero-order chi connectivity index (χ0) is 19.5. The maximum atomic E-state index is 11.8. The molecule has 1 heterocycles. The molecule has 3 aromatic carbocycles. The molecule has 0 unspecified atom stereocenters. The van der Waals surface area contributed by atoms with Gasteiger partial charge in [0.15, 0.2) is 0 Å². The van der Waals surface area contributed by atoms with Crippen molar-refractivity contribution >= 4 is 39.8 Å². The van der Waals surface area contributed by atoms with Gasteiger partial charge >= 0.3 is 5.97 Å². The second kappa shape index (κ2) is 7.53. The molecule has 0 fully saturated rings. The molecule has 28 heavy (non-hydrogen) atoms. The van der Waals surface area contributed by atoms with Gasteiger partial charge in [-0.3, -0.25) is 4.79 Å². The number of pyridine rings is 1. The Labute approximate surface area is 162 Å². The molecular weight excluding hydrogens is 350 g/mol. The van der Waals surface area contributed by atoms with Crippen LogP contribution in [0.5, 0.6) is 11.5 Å². The van der Waals surface area contributed by atoms with Gasteiger partial charge in [0.25, 0.3) is 0 Å². The van der Waals surface area contributed by atoms with E-state index in [0.717, 1.165) is 21.7 Å². The number of aromatic nitrogens is 1. The highest BCUT2D eigenvalue weighted by atomic mass is 16.5. The van der Waals surface area contributed by atoms with Crippen LogP contribution < -0.4 is 4.74 Å². The third-order valence-electron chi connectivity index (χ3n) is 4.58. The summed E-state index contributed by atoms with van der Waals surface area (Å²) in [7, 11) is 0. The van der Waals surface area contributed by atoms with Crippen molar-refractivity contribution in [1.29, 1.82) is 0 Å². The van der Waals surface area contributed by atoms with Crippen LogP contribution in [0.25, 0.3) is 33.8 Å². The van der Waals surface area contributed by atoms with Gasteiger partial charge in [-0.05, 0) is 41.1 Å². The largest absolute Gasteiger partial charge is 0.506 e. The first-order valence-corrected chi connectivity index (χ1v) is 9.15. The summed E-state index contributed by atoms with van der Waals surface area (Å²) in [4.78, 5) is 16.4. The summed E-state index contributed by atoms with van der Waals surface area (Å²) in [5.41, 5.74) is 2.08. The van der Waals surface area contributed by atoms with Crippen LogP contribution in [0, 0.1) is 0 Å². The van der Waals surface area contributed by atoms with Gasteiger partial charge in [-0.1, -0.05) is 55.5 Å². The molecule has 0 amide bonds. The molecule has 0 saturated heterocycles. The molecule has 138 valence electrons. The van der Waals surface area contributed by atoms with Crippen molar-refractivity contribution in [3.63, 3.8) is 0 Å². The zero-order valence-corrected chi connectivity index (χ0v) is 15.4. The molecule has 4 heteroatoms. The highest BCUT2D eigenvalue weighted by Crippen LogP contribution is 2.30. The van der Waals surface area contributed by atoms with E-state index in [1.165, 1.54) is 0 Å². The molecule has 4 nitrogen and oxygen atoms in total. The highest BCUT2D eigenvalue weighted by Gasteiger charge is 2.10. The molecule has 0 bridgehead atoms. The number of ether oxygens (including phenoxy) is 1. The van der Waals surface area contributed by atoms with Gasteiger partial charge in [-0.25, -0.2) is 4.98 Å². The predicted octanol–water partition coefficient (Wildman–Crippen LogP) is 5.58. The number of phenolic OH excluding ortho intramolecular Hbond substituents is 1. The molecule has 0 spiro atoms. The van der Waals surface area contributed by atoms with E-state index in [-0.39, 0.29) is 11.7 Å². The van der Waals surface area contributed by atoms with Crippen LogP contribution >= 0.6 is 0 Å². The number of rotatable bonds is 4. The Morgan fingerprint density at radius 2 is 1.75 bits per heavy atom. The van der Waals surface area contributed by atoms with Crippen LogP contribution in [-0.2, 0) is 4.79 Å². The number of fused-ring (bicyclic) bond motifs is 2. The predicted molar refractivity (Wildman–Crippen MR) is 112 cm³/mol. The average molecular weight is 369 g/mol. The van der Waals surface area contributed by atoms with Crippen LogP contribution in [0.15, 0.2) is 66.7 Å². The van der Waals surface area contributed by atoms with E-state index in [1.54, 1.807) is 19.1 Å². The molecule has 0 saturated carbocycles. The monoisotopic (exact) mass is 369 g/mol. The Morgan fingerprint density at radius 3 is 2.61 bits per heavy atom. The number of aromatic hydroxyl groups is 1. The maximum Gasteiger partial charge on any atom is 0.310 e. The lowest BCUT2D eigenvalue weighted by Crippen LogP contribution is -2.06. The lowest BCUT2D eigenvalue weighted by Gasteiger charge is -2.10. The highest BCUT2D eigenvalue weighted by molar-refractivity contribution is 5.96. The molecule has 1 N–H and O–H groups in total. The topological polar surface area (TPSA) is 59.4 Å². The summed E-state index contributed by atoms with van der Waals surface area (Å²) in [5, 5.41) is 13.0. The Morgan fingerprint density at radius 1 is 0.964 bits per heavy atom. The molecule has 0 aliphatic heterocycles. The third-order valence-corrected chi connectivity index (χ3v) is 4.58. The average Bonchev–Trinajstić information content (AvgIpc) is 2.73. The SMILES string of the molecule is CCC(=O)Oc1ccc2ccccc2c1/C=C/c1ccc2cccc(O)c2n1. The van der Waals surface area contributed by atoms with Crippen molar-refractivity contribution < 1.29 is 14.6 Å². The number of carbonyl (C=O) groups is 1. The second-order valence-corrected chi connectivity index (χ2v) is 6.44. The van der Waals surface area contributed by atoms with Crippen molar-refractivity contribution in [1.82, 2.24) is 4.98 Å². The molecule has 0 aliphatic rings. The lowest BCUT2D eigenvalue weighted by molar-refractivity contribution is -0.134. The van der Waals surface area contributed by atoms with Crippen LogP contribution in [0.3, 0.4) is 0 Å². The summed E-state index contributed by atoms with van der Waals surface area (Å²) >= 11 is 0. The number of esters is 1. The number of hydrogen-bond acceptors (Lipinski definition) is 4. The van der Waals surface area contributed by atoms with Gasteiger partial charge in [0.05, 0.1) is 5.69 Å². The first-order chi connectivity index (χ1) is 13.7. The number of carbonyl (C=O) groups excluding carboxylic acids is 1. The summed E-state index contributed by atoms with van der Waals surface area (Å²) in [6, 6.07) is 20.8.